The second-order valence-electron chi connectivity index (χ2n) is 8.43. The van der Waals surface area contributed by atoms with Crippen LogP contribution in [0.15, 0.2) is 29.3 Å². The Kier molecular flexibility index (Phi) is 9.33. The standard InChI is InChI=1S/C26H32N6OS/c1-4-21-22(15-27)25(32-12-6-11-31(3)13-14-32)30-26(23(21)16-28)34-18-20-9-7-19(8-10-20)17-29-24(33)5-2/h7-10H,4-6,11-14,17-18H2,1-3H3,(H,29,33). The molecule has 7 nitrogen and oxygen atoms in total. The highest BCUT2D eigenvalue weighted by molar-refractivity contribution is 7.98. The molecule has 1 saturated heterocycles. The average molecular weight is 477 g/mol. The lowest BCUT2D eigenvalue weighted by Crippen LogP contribution is -2.30. The molecular weight excluding hydrogens is 444 g/mol. The highest BCUT2D eigenvalue weighted by Gasteiger charge is 2.24. The summed E-state index contributed by atoms with van der Waals surface area (Å²) in [6, 6.07) is 12.8. The van der Waals surface area contributed by atoms with E-state index in [9.17, 15) is 15.3 Å². The van der Waals surface area contributed by atoms with Crippen LogP contribution in [0, 0.1) is 22.7 Å². The van der Waals surface area contributed by atoms with Gasteiger partial charge in [-0.15, -0.1) is 11.8 Å². The summed E-state index contributed by atoms with van der Waals surface area (Å²) < 4.78 is 0. The summed E-state index contributed by atoms with van der Waals surface area (Å²) in [7, 11) is 2.11. The number of aromatic nitrogens is 1. The van der Waals surface area contributed by atoms with Crippen LogP contribution in [0.25, 0.3) is 0 Å². The summed E-state index contributed by atoms with van der Waals surface area (Å²) in [6.45, 7) is 7.94. The third-order valence-electron chi connectivity index (χ3n) is 6.05. The van der Waals surface area contributed by atoms with E-state index >= 15 is 0 Å². The van der Waals surface area contributed by atoms with Gasteiger partial charge in [-0.3, -0.25) is 4.79 Å². The van der Waals surface area contributed by atoms with Gasteiger partial charge in [-0.2, -0.15) is 10.5 Å². The van der Waals surface area contributed by atoms with E-state index in [1.165, 1.54) is 11.8 Å². The zero-order valence-electron chi connectivity index (χ0n) is 20.2. The number of nitriles is 2. The average Bonchev–Trinajstić information content (AvgIpc) is 3.09. The number of pyridine rings is 1. The van der Waals surface area contributed by atoms with E-state index in [0.717, 1.165) is 49.3 Å². The third-order valence-corrected chi connectivity index (χ3v) is 7.10. The number of amides is 1. The molecule has 0 atom stereocenters. The van der Waals surface area contributed by atoms with Crippen molar-refractivity contribution >= 4 is 23.5 Å². The lowest BCUT2D eigenvalue weighted by molar-refractivity contribution is -0.120. The summed E-state index contributed by atoms with van der Waals surface area (Å²) in [5.41, 5.74) is 4.00. The highest BCUT2D eigenvalue weighted by atomic mass is 32.2. The highest BCUT2D eigenvalue weighted by Crippen LogP contribution is 2.33. The summed E-state index contributed by atoms with van der Waals surface area (Å²) in [4.78, 5) is 20.9. The topological polar surface area (TPSA) is 96.1 Å². The Balaban J connectivity index is 1.84. The predicted octanol–water partition coefficient (Wildman–Crippen LogP) is 3.85. The second kappa shape index (κ2) is 12.4. The SMILES string of the molecule is CCC(=O)NCc1ccc(CSc2nc(N3CCCN(C)CC3)c(C#N)c(CC)c2C#N)cc1. The van der Waals surface area contributed by atoms with E-state index in [-0.39, 0.29) is 5.91 Å². The van der Waals surface area contributed by atoms with Gasteiger partial charge in [-0.05, 0) is 43.1 Å². The number of thioether (sulfide) groups is 1. The molecule has 0 aliphatic carbocycles. The first kappa shape index (κ1) is 25.6. The molecule has 2 heterocycles. The zero-order chi connectivity index (χ0) is 24.5. The first-order valence-corrected chi connectivity index (χ1v) is 12.8. The Morgan fingerprint density at radius 2 is 1.76 bits per heavy atom. The number of hydrogen-bond acceptors (Lipinski definition) is 7. The maximum absolute atomic E-state index is 11.5. The van der Waals surface area contributed by atoms with Crippen LogP contribution >= 0.6 is 11.8 Å². The van der Waals surface area contributed by atoms with Gasteiger partial charge < -0.3 is 15.1 Å². The van der Waals surface area contributed by atoms with Gasteiger partial charge >= 0.3 is 0 Å². The van der Waals surface area contributed by atoms with Crippen LogP contribution in [0.4, 0.5) is 5.82 Å². The molecular formula is C26H32N6OS. The second-order valence-corrected chi connectivity index (χ2v) is 9.39. The lowest BCUT2D eigenvalue weighted by Gasteiger charge is -2.25. The quantitative estimate of drug-likeness (QED) is 0.578. The fourth-order valence-electron chi connectivity index (χ4n) is 4.01. The van der Waals surface area contributed by atoms with Crippen molar-refractivity contribution in [2.24, 2.45) is 0 Å². The molecule has 3 rings (SSSR count). The Morgan fingerprint density at radius 1 is 1.06 bits per heavy atom. The largest absolute Gasteiger partial charge is 0.354 e. The summed E-state index contributed by atoms with van der Waals surface area (Å²) in [5.74, 6) is 1.41. The van der Waals surface area contributed by atoms with Crippen molar-refractivity contribution in [1.82, 2.24) is 15.2 Å². The van der Waals surface area contributed by atoms with E-state index in [1.54, 1.807) is 0 Å². The third kappa shape index (κ3) is 6.28. The molecule has 1 aliphatic heterocycles. The number of rotatable bonds is 8. The van der Waals surface area contributed by atoms with Crippen LogP contribution in [0.5, 0.6) is 0 Å². The van der Waals surface area contributed by atoms with Gasteiger partial charge in [0.15, 0.2) is 0 Å². The molecule has 0 unspecified atom stereocenters. The van der Waals surface area contributed by atoms with Gasteiger partial charge in [0.05, 0.1) is 11.1 Å². The van der Waals surface area contributed by atoms with Gasteiger partial charge in [0.2, 0.25) is 5.91 Å². The zero-order valence-corrected chi connectivity index (χ0v) is 21.0. The van der Waals surface area contributed by atoms with Gasteiger partial charge in [0, 0.05) is 38.4 Å². The van der Waals surface area contributed by atoms with E-state index in [0.29, 0.717) is 47.1 Å². The van der Waals surface area contributed by atoms with E-state index < -0.39 is 0 Å². The molecule has 1 amide bonds. The van der Waals surface area contributed by atoms with Crippen LogP contribution in [-0.2, 0) is 23.5 Å². The van der Waals surface area contributed by atoms with Crippen LogP contribution in [0.2, 0.25) is 0 Å². The minimum atomic E-state index is 0.0362. The fourth-order valence-corrected chi connectivity index (χ4v) is 4.97. The monoisotopic (exact) mass is 476 g/mol. The Bertz CT molecular complexity index is 1090. The predicted molar refractivity (Wildman–Crippen MR) is 136 cm³/mol. The first-order chi connectivity index (χ1) is 16.5. The molecule has 0 bridgehead atoms. The van der Waals surface area contributed by atoms with Crippen molar-refractivity contribution in [1.29, 1.82) is 10.5 Å². The van der Waals surface area contributed by atoms with Crippen molar-refractivity contribution in [3.05, 3.63) is 52.1 Å². The Labute approximate surface area is 206 Å². The Hall–Kier alpha value is -3.07. The lowest BCUT2D eigenvalue weighted by atomic mass is 10.0. The van der Waals surface area contributed by atoms with E-state index in [4.69, 9.17) is 4.98 Å². The van der Waals surface area contributed by atoms with Crippen LogP contribution < -0.4 is 10.2 Å². The van der Waals surface area contributed by atoms with Gasteiger partial charge in [0.25, 0.3) is 0 Å². The number of anilines is 1. The molecule has 8 heteroatoms. The molecule has 2 aromatic rings. The number of nitrogens with one attached hydrogen (secondary N) is 1. The molecule has 1 aliphatic rings. The smallest absolute Gasteiger partial charge is 0.219 e. The number of hydrogen-bond donors (Lipinski definition) is 1. The van der Waals surface area contributed by atoms with E-state index in [2.05, 4.69) is 34.3 Å². The summed E-state index contributed by atoms with van der Waals surface area (Å²) >= 11 is 1.54. The number of likely N-dealkylation sites (N-methyl/N-ethyl adjacent to an activating group) is 1. The number of benzene rings is 1. The van der Waals surface area contributed by atoms with Gasteiger partial charge in [-0.1, -0.05) is 38.1 Å². The normalized spacial score (nSPS) is 14.2. The summed E-state index contributed by atoms with van der Waals surface area (Å²) in [6.07, 6.45) is 2.10. The maximum atomic E-state index is 11.5. The van der Waals surface area contributed by atoms with Crippen molar-refractivity contribution in [3.8, 4) is 12.1 Å². The maximum Gasteiger partial charge on any atom is 0.219 e. The van der Waals surface area contributed by atoms with Crippen molar-refractivity contribution in [2.75, 3.05) is 38.1 Å². The van der Waals surface area contributed by atoms with Gasteiger partial charge in [-0.25, -0.2) is 4.98 Å². The van der Waals surface area contributed by atoms with E-state index in [1.807, 2.05) is 38.1 Å². The molecule has 1 aromatic heterocycles. The molecule has 1 N–H and O–H groups in total. The van der Waals surface area contributed by atoms with Gasteiger partial charge in [0.1, 0.15) is 23.0 Å². The van der Waals surface area contributed by atoms with Crippen LogP contribution in [0.1, 0.15) is 54.5 Å². The molecule has 1 fully saturated rings. The molecule has 0 spiro atoms. The molecule has 178 valence electrons. The molecule has 34 heavy (non-hydrogen) atoms. The number of carbonyl (C=O) groups is 1. The minimum Gasteiger partial charge on any atom is -0.354 e. The van der Waals surface area contributed by atoms with Crippen LogP contribution in [-0.4, -0.2) is 49.0 Å². The first-order valence-electron chi connectivity index (χ1n) is 11.8. The minimum absolute atomic E-state index is 0.0362. The Morgan fingerprint density at radius 3 is 2.41 bits per heavy atom. The van der Waals surface area contributed by atoms with Crippen molar-refractivity contribution in [2.45, 2.75) is 50.4 Å². The summed E-state index contributed by atoms with van der Waals surface area (Å²) in [5, 5.41) is 23.4. The van der Waals surface area contributed by atoms with Crippen molar-refractivity contribution in [3.63, 3.8) is 0 Å². The molecule has 0 radical (unpaired) electrons. The molecule has 0 saturated carbocycles. The number of nitrogens with zero attached hydrogens (tertiary/aromatic N) is 5. The fraction of sp³-hybridized carbons (Fsp3) is 0.462. The molecule has 1 aromatic carbocycles. The number of carbonyl (C=O) groups excluding carboxylic acids is 1. The van der Waals surface area contributed by atoms with Crippen molar-refractivity contribution < 1.29 is 4.79 Å². The van der Waals surface area contributed by atoms with Crippen LogP contribution in [0.3, 0.4) is 0 Å².